The second-order valence-corrected chi connectivity index (χ2v) is 7.40. The Kier molecular flexibility index (Phi) is 14.7. The molecule has 0 saturated carbocycles. The van der Waals surface area contributed by atoms with Crippen LogP contribution in [0.3, 0.4) is 0 Å². The van der Waals surface area contributed by atoms with Crippen molar-refractivity contribution >= 4 is 11.8 Å². The highest BCUT2D eigenvalue weighted by Crippen LogP contribution is 2.16. The molecule has 1 fully saturated rings. The molecule has 0 bridgehead atoms. The number of carbonyl (C=O) groups is 2. The summed E-state index contributed by atoms with van der Waals surface area (Å²) in [7, 11) is 3.50. The molecule has 5 heteroatoms. The van der Waals surface area contributed by atoms with Crippen LogP contribution in [0.5, 0.6) is 0 Å². The molecule has 0 aromatic heterocycles. The number of likely N-dealkylation sites (tertiary alicyclic amines) is 1. The lowest BCUT2D eigenvalue weighted by atomic mass is 10.1. The smallest absolute Gasteiger partial charge is 0.253 e. The summed E-state index contributed by atoms with van der Waals surface area (Å²) in [6.45, 7) is 13.1. The van der Waals surface area contributed by atoms with Crippen LogP contribution in [0.25, 0.3) is 0 Å². The van der Waals surface area contributed by atoms with Gasteiger partial charge < -0.3 is 9.80 Å². The highest BCUT2D eigenvalue weighted by molar-refractivity contribution is 5.94. The maximum Gasteiger partial charge on any atom is 0.253 e. The molecule has 2 aromatic rings. The molecule has 1 aliphatic rings. The van der Waals surface area contributed by atoms with E-state index in [0.29, 0.717) is 31.5 Å². The van der Waals surface area contributed by atoms with Gasteiger partial charge in [0.15, 0.2) is 0 Å². The third-order valence-corrected chi connectivity index (χ3v) is 4.71. The van der Waals surface area contributed by atoms with Gasteiger partial charge in [0, 0.05) is 38.3 Å². The Morgan fingerprint density at radius 3 is 1.53 bits per heavy atom. The zero-order chi connectivity index (χ0) is 24.7. The van der Waals surface area contributed by atoms with Crippen LogP contribution in [0.2, 0.25) is 0 Å². The Morgan fingerprint density at radius 1 is 0.781 bits per heavy atom. The van der Waals surface area contributed by atoms with Crippen LogP contribution in [0.15, 0.2) is 48.5 Å². The number of aryl methyl sites for hydroxylation is 2. The van der Waals surface area contributed by atoms with Gasteiger partial charge in [0.2, 0.25) is 0 Å². The fourth-order valence-electron chi connectivity index (χ4n) is 2.88. The molecule has 1 aliphatic heterocycles. The van der Waals surface area contributed by atoms with E-state index < -0.39 is 6.17 Å². The lowest BCUT2D eigenvalue weighted by Gasteiger charge is -2.28. The number of nitrogens with zero attached hydrogens (tertiary/aromatic N) is 2. The number of piperidine rings is 1. The molecule has 0 aliphatic carbocycles. The maximum atomic E-state index is 12.9. The monoisotopic (exact) mass is 444 g/mol. The topological polar surface area (TPSA) is 40.6 Å². The standard InChI is InChI=1S/C13H16FNO.C10H13NO.2C2H6/c1-10-2-4-11(5-3-10)13(16)15-8-6-12(14)7-9-15;1-8-4-6-9(7-5-8)10(12)11(2)3;2*1-2/h2-5,12H,6-9H2,1H3;4-7H,1-3H3;2*1-2H3. The Bertz CT molecular complexity index is 778. The average Bonchev–Trinajstić information content (AvgIpc) is 2.82. The lowest BCUT2D eigenvalue weighted by molar-refractivity contribution is 0.0666. The minimum atomic E-state index is -0.734. The van der Waals surface area contributed by atoms with Gasteiger partial charge in [-0.3, -0.25) is 9.59 Å². The molecule has 2 aromatic carbocycles. The number of hydrogen-bond acceptors (Lipinski definition) is 2. The Hall–Kier alpha value is -2.69. The fourth-order valence-corrected chi connectivity index (χ4v) is 2.88. The summed E-state index contributed by atoms with van der Waals surface area (Å²) >= 11 is 0. The second kappa shape index (κ2) is 16.0. The van der Waals surface area contributed by atoms with E-state index in [1.165, 1.54) is 5.56 Å². The van der Waals surface area contributed by atoms with E-state index in [9.17, 15) is 14.0 Å². The van der Waals surface area contributed by atoms with Crippen molar-refractivity contribution in [2.75, 3.05) is 27.2 Å². The van der Waals surface area contributed by atoms with Crippen LogP contribution in [0.4, 0.5) is 4.39 Å². The normalized spacial score (nSPS) is 12.7. The van der Waals surface area contributed by atoms with Crippen LogP contribution >= 0.6 is 0 Å². The molecule has 4 nitrogen and oxygen atoms in total. The molecule has 178 valence electrons. The first-order valence-electron chi connectivity index (χ1n) is 11.6. The van der Waals surface area contributed by atoms with E-state index >= 15 is 0 Å². The molecule has 0 atom stereocenters. The minimum Gasteiger partial charge on any atom is -0.345 e. The number of rotatable bonds is 2. The molecule has 0 radical (unpaired) electrons. The van der Waals surface area contributed by atoms with Crippen molar-refractivity contribution in [3.8, 4) is 0 Å². The van der Waals surface area contributed by atoms with Crippen LogP contribution in [0.1, 0.15) is 72.4 Å². The van der Waals surface area contributed by atoms with Crippen LogP contribution in [-0.4, -0.2) is 55.0 Å². The maximum absolute atomic E-state index is 12.9. The van der Waals surface area contributed by atoms with E-state index in [1.54, 1.807) is 23.9 Å². The van der Waals surface area contributed by atoms with E-state index in [-0.39, 0.29) is 11.8 Å². The molecular weight excluding hydrogens is 403 g/mol. The Balaban J connectivity index is 0.000000536. The largest absolute Gasteiger partial charge is 0.345 e. The summed E-state index contributed by atoms with van der Waals surface area (Å²) < 4.78 is 12.9. The van der Waals surface area contributed by atoms with Crippen LogP contribution < -0.4 is 0 Å². The Labute approximate surface area is 194 Å². The Morgan fingerprint density at radius 2 is 1.16 bits per heavy atom. The fraction of sp³-hybridized carbons (Fsp3) is 0.481. The predicted octanol–water partition coefficient (Wildman–Crippen LogP) is 6.32. The summed E-state index contributed by atoms with van der Waals surface area (Å²) in [4.78, 5) is 26.7. The number of amides is 2. The number of hydrogen-bond donors (Lipinski definition) is 0. The van der Waals surface area contributed by atoms with Gasteiger partial charge in [0.25, 0.3) is 11.8 Å². The van der Waals surface area contributed by atoms with Crippen molar-refractivity contribution in [3.05, 3.63) is 70.8 Å². The SMILES string of the molecule is CC.CC.Cc1ccc(C(=O)N(C)C)cc1.Cc1ccc(C(=O)N2CCC(F)CC2)cc1. The highest BCUT2D eigenvalue weighted by Gasteiger charge is 2.22. The molecule has 1 heterocycles. The number of alkyl halides is 1. The van der Waals surface area contributed by atoms with E-state index in [4.69, 9.17) is 0 Å². The van der Waals surface area contributed by atoms with Crippen molar-refractivity contribution in [1.82, 2.24) is 9.80 Å². The third kappa shape index (κ3) is 10.1. The first-order valence-corrected chi connectivity index (χ1v) is 11.6. The highest BCUT2D eigenvalue weighted by atomic mass is 19.1. The minimum absolute atomic E-state index is 0.0203. The third-order valence-electron chi connectivity index (χ3n) is 4.71. The molecule has 3 rings (SSSR count). The molecule has 1 saturated heterocycles. The first-order chi connectivity index (χ1) is 15.3. The first kappa shape index (κ1) is 29.3. The number of halogens is 1. The van der Waals surface area contributed by atoms with Gasteiger partial charge in [-0.05, 0) is 51.0 Å². The van der Waals surface area contributed by atoms with E-state index in [0.717, 1.165) is 11.1 Å². The summed E-state index contributed by atoms with van der Waals surface area (Å²) in [6, 6.07) is 15.1. The van der Waals surface area contributed by atoms with Gasteiger partial charge in [-0.25, -0.2) is 4.39 Å². The zero-order valence-electron chi connectivity index (χ0n) is 21.1. The summed E-state index contributed by atoms with van der Waals surface area (Å²) in [6.07, 6.45) is 0.205. The van der Waals surface area contributed by atoms with Gasteiger partial charge in [0.05, 0.1) is 0 Å². The van der Waals surface area contributed by atoms with E-state index in [2.05, 4.69) is 0 Å². The van der Waals surface area contributed by atoms with Crippen molar-refractivity contribution in [2.24, 2.45) is 0 Å². The van der Waals surface area contributed by atoms with Crippen molar-refractivity contribution in [1.29, 1.82) is 0 Å². The predicted molar refractivity (Wildman–Crippen MR) is 133 cm³/mol. The van der Waals surface area contributed by atoms with Gasteiger partial charge in [-0.2, -0.15) is 0 Å². The lowest BCUT2D eigenvalue weighted by Crippen LogP contribution is -2.39. The average molecular weight is 445 g/mol. The summed E-state index contributed by atoms with van der Waals surface area (Å²) in [5, 5.41) is 0. The quantitative estimate of drug-likeness (QED) is 0.544. The van der Waals surface area contributed by atoms with Crippen LogP contribution in [-0.2, 0) is 0 Å². The molecule has 0 spiro atoms. The molecule has 2 amide bonds. The van der Waals surface area contributed by atoms with Gasteiger partial charge in [-0.15, -0.1) is 0 Å². The van der Waals surface area contributed by atoms with Crippen molar-refractivity contribution < 1.29 is 14.0 Å². The molecule has 32 heavy (non-hydrogen) atoms. The molecular formula is C27H41FN2O2. The number of benzene rings is 2. The molecule has 0 unspecified atom stereocenters. The van der Waals surface area contributed by atoms with E-state index in [1.807, 2.05) is 90.1 Å². The molecule has 0 N–H and O–H groups in total. The van der Waals surface area contributed by atoms with Gasteiger partial charge in [-0.1, -0.05) is 63.1 Å². The number of carbonyl (C=O) groups excluding carboxylic acids is 2. The van der Waals surface area contributed by atoms with Gasteiger partial charge in [0.1, 0.15) is 6.17 Å². The second-order valence-electron chi connectivity index (χ2n) is 7.40. The summed E-state index contributed by atoms with van der Waals surface area (Å²) in [5.74, 6) is 0.0712. The van der Waals surface area contributed by atoms with Crippen LogP contribution in [0, 0.1) is 13.8 Å². The van der Waals surface area contributed by atoms with Crippen molar-refractivity contribution in [3.63, 3.8) is 0 Å². The van der Waals surface area contributed by atoms with Gasteiger partial charge >= 0.3 is 0 Å². The summed E-state index contributed by atoms with van der Waals surface area (Å²) in [5.41, 5.74) is 3.75. The zero-order valence-corrected chi connectivity index (χ0v) is 21.1. The van der Waals surface area contributed by atoms with Crippen molar-refractivity contribution in [2.45, 2.75) is 60.6 Å².